The summed E-state index contributed by atoms with van der Waals surface area (Å²) in [5.74, 6) is -0.0795. The Labute approximate surface area is 124 Å². The van der Waals surface area contributed by atoms with E-state index in [0.29, 0.717) is 18.5 Å². The molecule has 1 fully saturated rings. The third kappa shape index (κ3) is 2.00. The second-order valence-electron chi connectivity index (χ2n) is 4.86. The predicted molar refractivity (Wildman–Crippen MR) is 76.4 cm³/mol. The number of carboxylic acid groups (broad SMARTS) is 1. The largest absolute Gasteiger partial charge is 0.497 e. The van der Waals surface area contributed by atoms with Crippen molar-refractivity contribution in [3.05, 3.63) is 40.6 Å². The maximum Gasteiger partial charge on any atom is 0.315 e. The van der Waals surface area contributed by atoms with E-state index in [1.165, 1.54) is 0 Å². The fourth-order valence-electron chi connectivity index (χ4n) is 2.24. The molecule has 1 N–H and O–H groups in total. The quantitative estimate of drug-likeness (QED) is 0.932. The molecular formula is C14H13BrN2O3. The summed E-state index contributed by atoms with van der Waals surface area (Å²) in [6.45, 7) is 0. The van der Waals surface area contributed by atoms with Crippen LogP contribution in [0.4, 0.5) is 0 Å². The van der Waals surface area contributed by atoms with E-state index in [0.717, 1.165) is 15.9 Å². The Morgan fingerprint density at radius 2 is 2.25 bits per heavy atom. The number of rotatable bonds is 4. The van der Waals surface area contributed by atoms with E-state index in [4.69, 9.17) is 4.74 Å². The van der Waals surface area contributed by atoms with Gasteiger partial charge in [-0.3, -0.25) is 4.79 Å². The van der Waals surface area contributed by atoms with Crippen molar-refractivity contribution >= 4 is 21.9 Å². The molecule has 0 aliphatic heterocycles. The first-order chi connectivity index (χ1) is 9.56. The van der Waals surface area contributed by atoms with E-state index in [2.05, 4.69) is 21.0 Å². The number of aromatic nitrogens is 2. The van der Waals surface area contributed by atoms with Crippen LogP contribution < -0.4 is 4.74 Å². The number of hydrogen-bond donors (Lipinski definition) is 1. The van der Waals surface area contributed by atoms with Gasteiger partial charge < -0.3 is 9.84 Å². The lowest BCUT2D eigenvalue weighted by Crippen LogP contribution is -2.20. The van der Waals surface area contributed by atoms with Crippen LogP contribution in [0.25, 0.3) is 5.69 Å². The molecular weight excluding hydrogens is 324 g/mol. The molecule has 0 spiro atoms. The van der Waals surface area contributed by atoms with E-state index in [-0.39, 0.29) is 0 Å². The van der Waals surface area contributed by atoms with E-state index >= 15 is 0 Å². The molecule has 104 valence electrons. The monoisotopic (exact) mass is 336 g/mol. The zero-order chi connectivity index (χ0) is 14.3. The average Bonchev–Trinajstić information content (AvgIpc) is 3.17. The number of carboxylic acids is 1. The molecule has 1 aromatic heterocycles. The smallest absolute Gasteiger partial charge is 0.315 e. The summed E-state index contributed by atoms with van der Waals surface area (Å²) in [5, 5.41) is 13.8. The highest BCUT2D eigenvalue weighted by molar-refractivity contribution is 9.10. The van der Waals surface area contributed by atoms with E-state index < -0.39 is 11.4 Å². The fourth-order valence-corrected chi connectivity index (χ4v) is 2.89. The molecule has 0 unspecified atom stereocenters. The van der Waals surface area contributed by atoms with E-state index in [1.54, 1.807) is 18.0 Å². The van der Waals surface area contributed by atoms with Crippen molar-refractivity contribution in [1.82, 2.24) is 9.78 Å². The molecule has 20 heavy (non-hydrogen) atoms. The van der Waals surface area contributed by atoms with Gasteiger partial charge in [-0.2, -0.15) is 5.10 Å². The molecule has 1 heterocycles. The van der Waals surface area contributed by atoms with Gasteiger partial charge in [-0.05, 0) is 40.9 Å². The van der Waals surface area contributed by atoms with E-state index in [9.17, 15) is 9.90 Å². The zero-order valence-corrected chi connectivity index (χ0v) is 12.4. The average molecular weight is 337 g/mol. The first-order valence-corrected chi connectivity index (χ1v) is 6.99. The van der Waals surface area contributed by atoms with Gasteiger partial charge in [0.05, 0.1) is 23.0 Å². The lowest BCUT2D eigenvalue weighted by molar-refractivity contribution is -0.140. The van der Waals surface area contributed by atoms with Crippen LogP contribution in [0.3, 0.4) is 0 Å². The maximum absolute atomic E-state index is 11.4. The number of methoxy groups -OCH3 is 1. The van der Waals surface area contributed by atoms with Gasteiger partial charge in [-0.25, -0.2) is 4.68 Å². The standard InChI is InChI=1S/C14H13BrN2O3/c1-20-10-4-2-3-9(7-10)17-8-11(15)12(16-17)14(5-6-14)13(18)19/h2-4,7-8H,5-6H2,1H3,(H,18,19). The summed E-state index contributed by atoms with van der Waals surface area (Å²) >= 11 is 3.42. The van der Waals surface area contributed by atoms with Gasteiger partial charge >= 0.3 is 5.97 Å². The number of nitrogens with zero attached hydrogens (tertiary/aromatic N) is 2. The SMILES string of the molecule is COc1cccc(-n2cc(Br)c(C3(C(=O)O)CC3)n2)c1. The van der Waals surface area contributed by atoms with E-state index in [1.807, 2.05) is 24.3 Å². The summed E-state index contributed by atoms with van der Waals surface area (Å²) in [6.07, 6.45) is 3.05. The van der Waals surface area contributed by atoms with Gasteiger partial charge in [0.2, 0.25) is 0 Å². The van der Waals surface area contributed by atoms with Gasteiger partial charge in [0.25, 0.3) is 0 Å². The van der Waals surface area contributed by atoms with Crippen molar-refractivity contribution in [3.63, 3.8) is 0 Å². The van der Waals surface area contributed by atoms with Crippen molar-refractivity contribution in [2.24, 2.45) is 0 Å². The first kappa shape index (κ1) is 13.2. The topological polar surface area (TPSA) is 64.3 Å². The van der Waals surface area contributed by atoms with Crippen LogP contribution in [0.2, 0.25) is 0 Å². The predicted octanol–water partition coefficient (Wildman–Crippen LogP) is 2.76. The summed E-state index contributed by atoms with van der Waals surface area (Å²) in [5.41, 5.74) is 0.605. The van der Waals surface area contributed by atoms with Crippen LogP contribution in [0, 0.1) is 0 Å². The van der Waals surface area contributed by atoms with Gasteiger partial charge in [0.1, 0.15) is 11.2 Å². The summed E-state index contributed by atoms with van der Waals surface area (Å²) in [4.78, 5) is 11.4. The Morgan fingerprint density at radius 3 is 2.85 bits per heavy atom. The highest BCUT2D eigenvalue weighted by Gasteiger charge is 2.54. The van der Waals surface area contributed by atoms with Gasteiger partial charge in [-0.15, -0.1) is 0 Å². The Bertz CT molecular complexity index is 677. The number of aliphatic carboxylic acids is 1. The molecule has 3 rings (SSSR count). The first-order valence-electron chi connectivity index (χ1n) is 6.20. The molecule has 0 saturated heterocycles. The second kappa shape index (κ2) is 4.63. The highest BCUT2D eigenvalue weighted by Crippen LogP contribution is 2.50. The Balaban J connectivity index is 2.03. The Morgan fingerprint density at radius 1 is 1.50 bits per heavy atom. The number of ether oxygens (including phenoxy) is 1. The summed E-state index contributed by atoms with van der Waals surface area (Å²) < 4.78 is 7.58. The molecule has 0 bridgehead atoms. The molecule has 5 nitrogen and oxygen atoms in total. The van der Waals surface area contributed by atoms with Crippen LogP contribution in [0.5, 0.6) is 5.75 Å². The van der Waals surface area contributed by atoms with Crippen molar-refractivity contribution in [2.75, 3.05) is 7.11 Å². The number of hydrogen-bond acceptors (Lipinski definition) is 3. The molecule has 1 aliphatic carbocycles. The minimum atomic E-state index is -0.817. The van der Waals surface area contributed by atoms with Crippen molar-refractivity contribution in [3.8, 4) is 11.4 Å². The lowest BCUT2D eigenvalue weighted by Gasteiger charge is -2.07. The van der Waals surface area contributed by atoms with Crippen LogP contribution in [-0.4, -0.2) is 28.0 Å². The van der Waals surface area contributed by atoms with Gasteiger partial charge in [-0.1, -0.05) is 6.07 Å². The second-order valence-corrected chi connectivity index (χ2v) is 5.71. The van der Waals surface area contributed by atoms with Crippen molar-refractivity contribution in [2.45, 2.75) is 18.3 Å². The van der Waals surface area contributed by atoms with Crippen LogP contribution in [-0.2, 0) is 10.2 Å². The minimum Gasteiger partial charge on any atom is -0.497 e. The molecule has 0 amide bonds. The molecule has 6 heteroatoms. The molecule has 2 aromatic rings. The lowest BCUT2D eigenvalue weighted by atomic mass is 10.0. The highest BCUT2D eigenvalue weighted by atomic mass is 79.9. The number of halogens is 1. The third-order valence-corrected chi connectivity index (χ3v) is 4.18. The fraction of sp³-hybridized carbons (Fsp3) is 0.286. The van der Waals surface area contributed by atoms with Crippen LogP contribution in [0.15, 0.2) is 34.9 Å². The number of benzene rings is 1. The van der Waals surface area contributed by atoms with Crippen LogP contribution in [0.1, 0.15) is 18.5 Å². The van der Waals surface area contributed by atoms with Crippen molar-refractivity contribution in [1.29, 1.82) is 0 Å². The Kier molecular flexibility index (Phi) is 3.05. The zero-order valence-electron chi connectivity index (χ0n) is 10.8. The normalized spacial score (nSPS) is 15.9. The Hall–Kier alpha value is -1.82. The minimum absolute atomic E-state index is 0.591. The summed E-state index contributed by atoms with van der Waals surface area (Å²) in [7, 11) is 1.60. The maximum atomic E-state index is 11.4. The van der Waals surface area contributed by atoms with Gasteiger partial charge in [0, 0.05) is 12.3 Å². The van der Waals surface area contributed by atoms with Gasteiger partial charge in [0.15, 0.2) is 0 Å². The molecule has 0 atom stereocenters. The van der Waals surface area contributed by atoms with Crippen molar-refractivity contribution < 1.29 is 14.6 Å². The molecule has 0 radical (unpaired) electrons. The molecule has 1 aromatic carbocycles. The summed E-state index contributed by atoms with van der Waals surface area (Å²) in [6, 6.07) is 7.46. The number of carbonyl (C=O) groups is 1. The van der Waals surface area contributed by atoms with Crippen LogP contribution >= 0.6 is 15.9 Å². The molecule has 1 saturated carbocycles. The third-order valence-electron chi connectivity index (χ3n) is 3.60. The molecule has 1 aliphatic rings.